The molecule has 0 rings (SSSR count). The van der Waals surface area contributed by atoms with Crippen molar-refractivity contribution in [3.63, 3.8) is 0 Å². The van der Waals surface area contributed by atoms with E-state index in [-0.39, 0.29) is 0 Å². The molecule has 0 spiro atoms. The van der Waals surface area contributed by atoms with Gasteiger partial charge in [-0.15, -0.1) is 0 Å². The number of rotatable bonds is 4. The average Bonchev–Trinajstić information content (AvgIpc) is 1.78. The highest BCUT2D eigenvalue weighted by Gasteiger charge is 2.27. The molecule has 0 aliphatic rings. The normalized spacial score (nSPS) is 11.5. The van der Waals surface area contributed by atoms with Gasteiger partial charge in [0.15, 0.2) is 0 Å². The SMILES string of the molecule is O=C(O)CCOCC(F)(F)F. The highest BCUT2D eigenvalue weighted by atomic mass is 19.4. The number of alkyl halides is 3. The summed E-state index contributed by atoms with van der Waals surface area (Å²) < 4.78 is 37.9. The van der Waals surface area contributed by atoms with Crippen LogP contribution in [0, 0.1) is 0 Å². The fourth-order valence-electron chi connectivity index (χ4n) is 0.347. The van der Waals surface area contributed by atoms with Crippen molar-refractivity contribution in [3.8, 4) is 0 Å². The summed E-state index contributed by atoms with van der Waals surface area (Å²) in [6.07, 6.45) is -4.78. The quantitative estimate of drug-likeness (QED) is 0.644. The van der Waals surface area contributed by atoms with Crippen molar-refractivity contribution < 1.29 is 27.8 Å². The first-order chi connectivity index (χ1) is 4.92. The largest absolute Gasteiger partial charge is 0.481 e. The van der Waals surface area contributed by atoms with Gasteiger partial charge in [-0.1, -0.05) is 0 Å². The smallest absolute Gasteiger partial charge is 0.411 e. The molecule has 0 amide bonds. The van der Waals surface area contributed by atoms with E-state index in [1.807, 2.05) is 0 Å². The van der Waals surface area contributed by atoms with Gasteiger partial charge in [0.25, 0.3) is 0 Å². The lowest BCUT2D eigenvalue weighted by Crippen LogP contribution is -2.18. The molecule has 0 heterocycles. The lowest BCUT2D eigenvalue weighted by atomic mass is 10.5. The Morgan fingerprint density at radius 2 is 2.00 bits per heavy atom. The van der Waals surface area contributed by atoms with Gasteiger partial charge in [-0.25, -0.2) is 0 Å². The molecular formula is C5H7F3O3. The number of aliphatic carboxylic acids is 1. The molecule has 0 bridgehead atoms. The van der Waals surface area contributed by atoms with Gasteiger partial charge in [0, 0.05) is 0 Å². The Labute approximate surface area is 60.8 Å². The van der Waals surface area contributed by atoms with Gasteiger partial charge in [0.05, 0.1) is 13.0 Å². The van der Waals surface area contributed by atoms with Gasteiger partial charge in [-0.2, -0.15) is 13.2 Å². The molecule has 0 aliphatic heterocycles. The van der Waals surface area contributed by atoms with E-state index in [2.05, 4.69) is 4.74 Å². The fraction of sp³-hybridized carbons (Fsp3) is 0.800. The summed E-state index contributed by atoms with van der Waals surface area (Å²) in [7, 11) is 0. The number of hydrogen-bond donors (Lipinski definition) is 1. The summed E-state index contributed by atoms with van der Waals surface area (Å²) in [6, 6.07) is 0. The molecule has 0 saturated heterocycles. The molecule has 11 heavy (non-hydrogen) atoms. The fourth-order valence-corrected chi connectivity index (χ4v) is 0.347. The van der Waals surface area contributed by atoms with Crippen molar-refractivity contribution in [1.29, 1.82) is 0 Å². The van der Waals surface area contributed by atoms with E-state index in [9.17, 15) is 18.0 Å². The van der Waals surface area contributed by atoms with Crippen molar-refractivity contribution in [1.82, 2.24) is 0 Å². The predicted molar refractivity (Wildman–Crippen MR) is 29.1 cm³/mol. The topological polar surface area (TPSA) is 46.5 Å². The van der Waals surface area contributed by atoms with Gasteiger partial charge in [-0.3, -0.25) is 4.79 Å². The summed E-state index contributed by atoms with van der Waals surface area (Å²) in [5.41, 5.74) is 0. The molecule has 0 fully saturated rings. The molecule has 0 aromatic carbocycles. The van der Waals surface area contributed by atoms with Crippen LogP contribution in [0.25, 0.3) is 0 Å². The maximum atomic E-state index is 11.3. The number of carboxylic acid groups (broad SMARTS) is 1. The number of carboxylic acids is 1. The summed E-state index contributed by atoms with van der Waals surface area (Å²) in [5.74, 6) is -1.17. The van der Waals surface area contributed by atoms with E-state index < -0.39 is 31.8 Å². The zero-order chi connectivity index (χ0) is 8.91. The van der Waals surface area contributed by atoms with Crippen LogP contribution in [-0.2, 0) is 9.53 Å². The summed E-state index contributed by atoms with van der Waals surface area (Å²) in [6.45, 7) is -1.80. The molecule has 3 nitrogen and oxygen atoms in total. The molecule has 0 aliphatic carbocycles. The average molecular weight is 172 g/mol. The highest BCUT2D eigenvalue weighted by molar-refractivity contribution is 5.66. The Kier molecular flexibility index (Phi) is 3.88. The zero-order valence-electron chi connectivity index (χ0n) is 5.52. The lowest BCUT2D eigenvalue weighted by molar-refractivity contribution is -0.175. The van der Waals surface area contributed by atoms with Gasteiger partial charge >= 0.3 is 12.1 Å². The number of hydrogen-bond acceptors (Lipinski definition) is 2. The van der Waals surface area contributed by atoms with Gasteiger partial charge in [0.1, 0.15) is 6.61 Å². The Balaban J connectivity index is 3.22. The lowest BCUT2D eigenvalue weighted by Gasteiger charge is -2.05. The predicted octanol–water partition coefficient (Wildman–Crippen LogP) is 1.04. The van der Waals surface area contributed by atoms with E-state index in [0.717, 1.165) is 0 Å². The standard InChI is InChI=1S/C5H7F3O3/c6-5(7,8)3-11-2-1-4(9)10/h1-3H2,(H,9,10). The molecule has 0 unspecified atom stereocenters. The van der Waals surface area contributed by atoms with E-state index in [0.29, 0.717) is 0 Å². The molecule has 0 aromatic heterocycles. The number of ether oxygens (including phenoxy) is 1. The molecule has 0 saturated carbocycles. The molecule has 66 valence electrons. The first-order valence-electron chi connectivity index (χ1n) is 2.78. The van der Waals surface area contributed by atoms with Crippen LogP contribution in [0.2, 0.25) is 0 Å². The number of halogens is 3. The van der Waals surface area contributed by atoms with Crippen molar-refractivity contribution >= 4 is 5.97 Å². The van der Waals surface area contributed by atoms with Crippen molar-refractivity contribution in [2.24, 2.45) is 0 Å². The van der Waals surface area contributed by atoms with Crippen molar-refractivity contribution in [3.05, 3.63) is 0 Å². The second-order valence-corrected chi connectivity index (χ2v) is 1.81. The van der Waals surface area contributed by atoms with E-state index in [4.69, 9.17) is 5.11 Å². The Bertz CT molecular complexity index is 131. The highest BCUT2D eigenvalue weighted by Crippen LogP contribution is 2.14. The minimum absolute atomic E-state index is 0.407. The molecule has 6 heteroatoms. The Morgan fingerprint density at radius 1 is 1.45 bits per heavy atom. The van der Waals surface area contributed by atoms with Crippen LogP contribution in [0.15, 0.2) is 0 Å². The van der Waals surface area contributed by atoms with Gasteiger partial charge < -0.3 is 9.84 Å². The first-order valence-corrected chi connectivity index (χ1v) is 2.78. The molecule has 1 N–H and O–H groups in total. The molecule has 0 aromatic rings. The third-order valence-electron chi connectivity index (χ3n) is 0.726. The third kappa shape index (κ3) is 9.22. The summed E-state index contributed by atoms with van der Waals surface area (Å²) in [5, 5.41) is 7.98. The van der Waals surface area contributed by atoms with Crippen LogP contribution < -0.4 is 0 Å². The second kappa shape index (κ2) is 4.17. The van der Waals surface area contributed by atoms with Gasteiger partial charge in [-0.05, 0) is 0 Å². The van der Waals surface area contributed by atoms with Crippen LogP contribution in [0.4, 0.5) is 13.2 Å². The minimum Gasteiger partial charge on any atom is -0.481 e. The van der Waals surface area contributed by atoms with Crippen LogP contribution in [-0.4, -0.2) is 30.5 Å². The monoisotopic (exact) mass is 172 g/mol. The Morgan fingerprint density at radius 3 is 2.36 bits per heavy atom. The Hall–Kier alpha value is -0.780. The summed E-state index contributed by atoms with van der Waals surface area (Å²) >= 11 is 0. The van der Waals surface area contributed by atoms with Crippen LogP contribution in [0.3, 0.4) is 0 Å². The van der Waals surface area contributed by atoms with E-state index >= 15 is 0 Å². The summed E-state index contributed by atoms with van der Waals surface area (Å²) in [4.78, 5) is 9.76. The third-order valence-corrected chi connectivity index (χ3v) is 0.726. The minimum atomic E-state index is -4.38. The maximum Gasteiger partial charge on any atom is 0.411 e. The van der Waals surface area contributed by atoms with Crippen LogP contribution in [0.1, 0.15) is 6.42 Å². The molecular weight excluding hydrogens is 165 g/mol. The van der Waals surface area contributed by atoms with Crippen LogP contribution in [0.5, 0.6) is 0 Å². The number of carbonyl (C=O) groups is 1. The van der Waals surface area contributed by atoms with Crippen molar-refractivity contribution in [2.75, 3.05) is 13.2 Å². The first kappa shape index (κ1) is 10.2. The second-order valence-electron chi connectivity index (χ2n) is 1.81. The van der Waals surface area contributed by atoms with Crippen LogP contribution >= 0.6 is 0 Å². The van der Waals surface area contributed by atoms with E-state index in [1.165, 1.54) is 0 Å². The van der Waals surface area contributed by atoms with Crippen molar-refractivity contribution in [2.45, 2.75) is 12.6 Å². The molecule has 0 radical (unpaired) electrons. The van der Waals surface area contributed by atoms with E-state index in [1.54, 1.807) is 0 Å². The maximum absolute atomic E-state index is 11.3. The van der Waals surface area contributed by atoms with Gasteiger partial charge in [0.2, 0.25) is 0 Å². The molecule has 0 atom stereocenters. The zero-order valence-corrected chi connectivity index (χ0v) is 5.52.